The normalized spacial score (nSPS) is 13.6. The van der Waals surface area contributed by atoms with Gasteiger partial charge in [0.05, 0.1) is 16.0 Å². The van der Waals surface area contributed by atoms with Crippen LogP contribution >= 0.6 is 23.2 Å². The molecule has 0 N–H and O–H groups in total. The van der Waals surface area contributed by atoms with Crippen LogP contribution in [0.4, 0.5) is 13.2 Å². The zero-order valence-corrected chi connectivity index (χ0v) is 9.62. The van der Waals surface area contributed by atoms with Crippen LogP contribution in [0.1, 0.15) is 22.8 Å². The molecule has 0 saturated heterocycles. The van der Waals surface area contributed by atoms with Gasteiger partial charge in [0.15, 0.2) is 5.78 Å². The first-order valence-electron chi connectivity index (χ1n) is 4.29. The molecule has 1 aromatic carbocycles. The van der Waals surface area contributed by atoms with E-state index in [-0.39, 0.29) is 5.02 Å². The summed E-state index contributed by atoms with van der Waals surface area (Å²) in [6.45, 7) is 1.30. The Bertz CT molecular complexity index is 413. The van der Waals surface area contributed by atoms with Crippen molar-refractivity contribution >= 4 is 29.0 Å². The molecule has 0 fully saturated rings. The molecule has 0 radical (unpaired) electrons. The first-order valence-corrected chi connectivity index (χ1v) is 5.10. The molecule has 0 aromatic heterocycles. The summed E-state index contributed by atoms with van der Waals surface area (Å²) in [5.74, 6) is -0.834. The standard InChI is InChI=1S/C10H7Cl2F3O/c1-5(11)9(16)8-6(10(13,14)15)3-2-4-7(8)12/h2-5H,1H3. The number of carbonyl (C=O) groups is 1. The Kier molecular flexibility index (Phi) is 3.86. The van der Waals surface area contributed by atoms with Gasteiger partial charge >= 0.3 is 6.18 Å². The van der Waals surface area contributed by atoms with E-state index in [2.05, 4.69) is 0 Å². The second-order valence-corrected chi connectivity index (χ2v) is 4.20. The van der Waals surface area contributed by atoms with E-state index >= 15 is 0 Å². The molecule has 1 aromatic rings. The van der Waals surface area contributed by atoms with Gasteiger partial charge in [0.2, 0.25) is 0 Å². The summed E-state index contributed by atoms with van der Waals surface area (Å²) in [5.41, 5.74) is -1.63. The number of benzene rings is 1. The second-order valence-electron chi connectivity index (χ2n) is 3.14. The number of ketones is 1. The van der Waals surface area contributed by atoms with Gasteiger partial charge in [0.1, 0.15) is 0 Å². The Morgan fingerprint density at radius 2 is 1.94 bits per heavy atom. The molecular weight excluding hydrogens is 264 g/mol. The van der Waals surface area contributed by atoms with Crippen LogP contribution in [0.15, 0.2) is 18.2 Å². The minimum absolute atomic E-state index is 0.243. The molecule has 1 unspecified atom stereocenters. The van der Waals surface area contributed by atoms with E-state index in [1.54, 1.807) is 0 Å². The van der Waals surface area contributed by atoms with Crippen molar-refractivity contribution in [2.24, 2.45) is 0 Å². The lowest BCUT2D eigenvalue weighted by Crippen LogP contribution is -2.18. The maximum atomic E-state index is 12.6. The van der Waals surface area contributed by atoms with Crippen LogP contribution in [0.3, 0.4) is 0 Å². The SMILES string of the molecule is CC(Cl)C(=O)c1c(Cl)cccc1C(F)(F)F. The minimum Gasteiger partial charge on any atom is -0.292 e. The molecule has 6 heteroatoms. The highest BCUT2D eigenvalue weighted by molar-refractivity contribution is 6.39. The summed E-state index contributed by atoms with van der Waals surface area (Å²) in [5, 5.41) is -1.30. The van der Waals surface area contributed by atoms with Crippen molar-refractivity contribution < 1.29 is 18.0 Å². The molecule has 0 amide bonds. The zero-order chi connectivity index (χ0) is 12.5. The maximum absolute atomic E-state index is 12.6. The van der Waals surface area contributed by atoms with E-state index in [1.807, 2.05) is 0 Å². The third-order valence-electron chi connectivity index (χ3n) is 1.93. The van der Waals surface area contributed by atoms with Gasteiger partial charge in [-0.25, -0.2) is 0 Å². The molecule has 1 nitrogen and oxygen atoms in total. The molecule has 88 valence electrons. The fourth-order valence-corrected chi connectivity index (χ4v) is 1.59. The molecule has 0 aliphatic rings. The first-order chi connectivity index (χ1) is 7.25. The van der Waals surface area contributed by atoms with Gasteiger partial charge in [-0.1, -0.05) is 17.7 Å². The summed E-state index contributed by atoms with van der Waals surface area (Å²) >= 11 is 11.1. The molecule has 0 aliphatic heterocycles. The Morgan fingerprint density at radius 3 is 2.38 bits per heavy atom. The van der Waals surface area contributed by atoms with Crippen molar-refractivity contribution in [2.45, 2.75) is 18.5 Å². The molecule has 0 aliphatic carbocycles. The summed E-state index contributed by atoms with van der Waals surface area (Å²) in [6, 6.07) is 3.17. The Balaban J connectivity index is 3.41. The molecule has 0 spiro atoms. The third kappa shape index (κ3) is 2.68. The quantitative estimate of drug-likeness (QED) is 0.582. The average Bonchev–Trinajstić information content (AvgIpc) is 2.14. The second kappa shape index (κ2) is 4.63. The number of hydrogen-bond donors (Lipinski definition) is 0. The minimum atomic E-state index is -4.62. The van der Waals surface area contributed by atoms with E-state index < -0.39 is 28.5 Å². The number of Topliss-reactive ketones (excluding diaryl/α,β-unsaturated/α-hetero) is 1. The van der Waals surface area contributed by atoms with Crippen LogP contribution in [-0.2, 0) is 6.18 Å². The third-order valence-corrected chi connectivity index (χ3v) is 2.44. The summed E-state index contributed by atoms with van der Waals surface area (Å²) < 4.78 is 37.8. The van der Waals surface area contributed by atoms with Crippen molar-refractivity contribution in [1.82, 2.24) is 0 Å². The fourth-order valence-electron chi connectivity index (χ4n) is 1.21. The molecule has 0 bridgehead atoms. The van der Waals surface area contributed by atoms with Gasteiger partial charge in [-0.05, 0) is 19.1 Å². The topological polar surface area (TPSA) is 17.1 Å². The van der Waals surface area contributed by atoms with Crippen molar-refractivity contribution in [1.29, 1.82) is 0 Å². The van der Waals surface area contributed by atoms with Crippen LogP contribution in [0, 0.1) is 0 Å². The van der Waals surface area contributed by atoms with Gasteiger partial charge in [-0.3, -0.25) is 4.79 Å². The first kappa shape index (κ1) is 13.3. The van der Waals surface area contributed by atoms with E-state index in [4.69, 9.17) is 23.2 Å². The molecule has 0 saturated carbocycles. The number of alkyl halides is 4. The summed E-state index contributed by atoms with van der Waals surface area (Å²) in [7, 11) is 0. The number of carbonyl (C=O) groups excluding carboxylic acids is 1. The Morgan fingerprint density at radius 1 is 1.38 bits per heavy atom. The predicted molar refractivity (Wildman–Crippen MR) is 56.1 cm³/mol. The fraction of sp³-hybridized carbons (Fsp3) is 0.300. The van der Waals surface area contributed by atoms with Crippen LogP contribution in [0.25, 0.3) is 0 Å². The van der Waals surface area contributed by atoms with Gasteiger partial charge in [0.25, 0.3) is 0 Å². The molecular formula is C10H7Cl2F3O. The van der Waals surface area contributed by atoms with Crippen molar-refractivity contribution in [3.05, 3.63) is 34.3 Å². The number of hydrogen-bond acceptors (Lipinski definition) is 1. The highest BCUT2D eigenvalue weighted by Crippen LogP contribution is 2.35. The Hall–Kier alpha value is -0.740. The largest absolute Gasteiger partial charge is 0.417 e. The van der Waals surface area contributed by atoms with Crippen LogP contribution in [0.5, 0.6) is 0 Å². The predicted octanol–water partition coefficient (Wildman–Crippen LogP) is 4.17. The Labute approximate surface area is 100 Å². The van der Waals surface area contributed by atoms with E-state index in [0.29, 0.717) is 0 Å². The summed E-state index contributed by atoms with van der Waals surface area (Å²) in [4.78, 5) is 11.5. The van der Waals surface area contributed by atoms with E-state index in [0.717, 1.165) is 12.1 Å². The van der Waals surface area contributed by atoms with Gasteiger partial charge < -0.3 is 0 Å². The highest BCUT2D eigenvalue weighted by Gasteiger charge is 2.36. The molecule has 1 rings (SSSR count). The van der Waals surface area contributed by atoms with E-state index in [9.17, 15) is 18.0 Å². The lowest BCUT2D eigenvalue weighted by atomic mass is 10.0. The van der Waals surface area contributed by atoms with Crippen LogP contribution in [0.2, 0.25) is 5.02 Å². The zero-order valence-electron chi connectivity index (χ0n) is 8.11. The highest BCUT2D eigenvalue weighted by atomic mass is 35.5. The number of halogens is 5. The van der Waals surface area contributed by atoms with Crippen LogP contribution < -0.4 is 0 Å². The molecule has 16 heavy (non-hydrogen) atoms. The van der Waals surface area contributed by atoms with Crippen molar-refractivity contribution in [2.75, 3.05) is 0 Å². The molecule has 0 heterocycles. The molecule has 1 atom stereocenters. The average molecular weight is 271 g/mol. The lowest BCUT2D eigenvalue weighted by molar-refractivity contribution is -0.137. The van der Waals surface area contributed by atoms with Crippen LogP contribution in [-0.4, -0.2) is 11.2 Å². The smallest absolute Gasteiger partial charge is 0.292 e. The van der Waals surface area contributed by atoms with Gasteiger partial charge in [0, 0.05) is 5.56 Å². The van der Waals surface area contributed by atoms with Gasteiger partial charge in [-0.2, -0.15) is 13.2 Å². The summed E-state index contributed by atoms with van der Waals surface area (Å²) in [6.07, 6.45) is -4.62. The lowest BCUT2D eigenvalue weighted by Gasteiger charge is -2.14. The van der Waals surface area contributed by atoms with Crippen molar-refractivity contribution in [3.8, 4) is 0 Å². The van der Waals surface area contributed by atoms with Gasteiger partial charge in [-0.15, -0.1) is 11.6 Å². The maximum Gasteiger partial charge on any atom is 0.417 e. The van der Waals surface area contributed by atoms with E-state index in [1.165, 1.54) is 13.0 Å². The number of rotatable bonds is 2. The monoisotopic (exact) mass is 270 g/mol. The van der Waals surface area contributed by atoms with Crippen molar-refractivity contribution in [3.63, 3.8) is 0 Å².